The van der Waals surface area contributed by atoms with Gasteiger partial charge in [-0.1, -0.05) is 11.6 Å². The fourth-order valence-electron chi connectivity index (χ4n) is 1.23. The molecule has 0 saturated carbocycles. The Morgan fingerprint density at radius 1 is 1.50 bits per heavy atom. The van der Waals surface area contributed by atoms with Crippen LogP contribution in [-0.4, -0.2) is 9.91 Å². The Balaban J connectivity index is 2.51. The third-order valence-corrected chi connectivity index (χ3v) is 2.27. The van der Waals surface area contributed by atoms with Gasteiger partial charge in [0.2, 0.25) is 0 Å². The van der Waals surface area contributed by atoms with E-state index in [9.17, 15) is 10.1 Å². The number of nitrogens with two attached hydrogens (primary N) is 1. The van der Waals surface area contributed by atoms with Crippen LogP contribution >= 0.6 is 11.6 Å². The SMILES string of the molecule is Nc1ncc(-c2ccc(Cl)c([N+](=O)[O-])c2)o1. The fraction of sp³-hybridized carbons (Fsp3) is 0. The number of rotatable bonds is 2. The maximum atomic E-state index is 10.7. The van der Waals surface area contributed by atoms with Crippen molar-refractivity contribution in [1.82, 2.24) is 4.98 Å². The standard InChI is InChI=1S/C9H6ClN3O3/c10-6-2-1-5(3-7(6)13(14)15)8-4-12-9(11)16-8/h1-4H,(H2,11,12). The molecule has 0 amide bonds. The van der Waals surface area contributed by atoms with Gasteiger partial charge in [-0.05, 0) is 12.1 Å². The number of aromatic nitrogens is 1. The van der Waals surface area contributed by atoms with Gasteiger partial charge in [0.05, 0.1) is 11.1 Å². The zero-order chi connectivity index (χ0) is 11.7. The second-order valence-electron chi connectivity index (χ2n) is 2.99. The minimum Gasteiger partial charge on any atom is -0.424 e. The number of halogens is 1. The van der Waals surface area contributed by atoms with E-state index in [1.807, 2.05) is 0 Å². The summed E-state index contributed by atoms with van der Waals surface area (Å²) < 4.78 is 5.05. The fourth-order valence-corrected chi connectivity index (χ4v) is 1.41. The van der Waals surface area contributed by atoms with E-state index in [1.54, 1.807) is 6.07 Å². The molecule has 0 aliphatic rings. The second kappa shape index (κ2) is 3.82. The molecular formula is C9H6ClN3O3. The molecule has 2 rings (SSSR count). The molecule has 0 aliphatic heterocycles. The Morgan fingerprint density at radius 2 is 2.25 bits per heavy atom. The molecule has 0 fully saturated rings. The predicted octanol–water partition coefficient (Wildman–Crippen LogP) is 2.49. The molecule has 0 saturated heterocycles. The van der Waals surface area contributed by atoms with Crippen molar-refractivity contribution in [3.8, 4) is 11.3 Å². The molecule has 1 aromatic carbocycles. The molecule has 0 spiro atoms. The van der Waals surface area contributed by atoms with E-state index in [4.69, 9.17) is 21.8 Å². The number of hydrogen-bond donors (Lipinski definition) is 1. The van der Waals surface area contributed by atoms with Gasteiger partial charge in [0.1, 0.15) is 5.02 Å². The van der Waals surface area contributed by atoms with Crippen molar-refractivity contribution in [2.45, 2.75) is 0 Å². The Labute approximate surface area is 94.8 Å². The molecule has 0 atom stereocenters. The highest BCUT2D eigenvalue weighted by Gasteiger charge is 2.15. The summed E-state index contributed by atoms with van der Waals surface area (Å²) in [5, 5.41) is 10.7. The largest absolute Gasteiger partial charge is 0.424 e. The highest BCUT2D eigenvalue weighted by Crippen LogP contribution is 2.30. The van der Waals surface area contributed by atoms with E-state index in [0.717, 1.165) is 0 Å². The monoisotopic (exact) mass is 239 g/mol. The summed E-state index contributed by atoms with van der Waals surface area (Å²) in [6.07, 6.45) is 1.39. The summed E-state index contributed by atoms with van der Waals surface area (Å²) >= 11 is 5.67. The molecule has 0 radical (unpaired) electrons. The topological polar surface area (TPSA) is 95.2 Å². The van der Waals surface area contributed by atoms with Crippen LogP contribution in [0, 0.1) is 10.1 Å². The average Bonchev–Trinajstić information content (AvgIpc) is 2.65. The Hall–Kier alpha value is -2.08. The normalized spacial score (nSPS) is 10.3. The first-order valence-corrected chi connectivity index (χ1v) is 4.61. The summed E-state index contributed by atoms with van der Waals surface area (Å²) in [6, 6.07) is 4.33. The molecule has 0 unspecified atom stereocenters. The van der Waals surface area contributed by atoms with Gasteiger partial charge in [0.15, 0.2) is 5.76 Å². The zero-order valence-corrected chi connectivity index (χ0v) is 8.64. The number of nitro benzene ring substituents is 1. The molecule has 2 N–H and O–H groups in total. The smallest absolute Gasteiger partial charge is 0.292 e. The minimum absolute atomic E-state index is 0.00704. The van der Waals surface area contributed by atoms with Crippen LogP contribution in [0.25, 0.3) is 11.3 Å². The molecule has 6 nitrogen and oxygen atoms in total. The molecule has 0 bridgehead atoms. The minimum atomic E-state index is -0.564. The van der Waals surface area contributed by atoms with Gasteiger partial charge in [0.25, 0.3) is 11.7 Å². The highest BCUT2D eigenvalue weighted by atomic mass is 35.5. The van der Waals surface area contributed by atoms with Crippen molar-refractivity contribution in [2.75, 3.05) is 5.73 Å². The van der Waals surface area contributed by atoms with E-state index >= 15 is 0 Å². The van der Waals surface area contributed by atoms with Gasteiger partial charge in [-0.3, -0.25) is 10.1 Å². The number of nitro groups is 1. The van der Waals surface area contributed by atoms with Crippen LogP contribution < -0.4 is 5.73 Å². The van der Waals surface area contributed by atoms with Crippen LogP contribution in [0.5, 0.6) is 0 Å². The van der Waals surface area contributed by atoms with E-state index in [2.05, 4.69) is 4.98 Å². The Morgan fingerprint density at radius 3 is 2.81 bits per heavy atom. The van der Waals surface area contributed by atoms with Crippen LogP contribution in [0.4, 0.5) is 11.7 Å². The molecular weight excluding hydrogens is 234 g/mol. The van der Waals surface area contributed by atoms with E-state index in [1.165, 1.54) is 18.3 Å². The maximum Gasteiger partial charge on any atom is 0.292 e. The number of anilines is 1. The molecule has 7 heteroatoms. The van der Waals surface area contributed by atoms with E-state index < -0.39 is 4.92 Å². The van der Waals surface area contributed by atoms with Gasteiger partial charge >= 0.3 is 0 Å². The summed E-state index contributed by atoms with van der Waals surface area (Å²) in [5.74, 6) is 0.359. The number of oxazole rings is 1. The van der Waals surface area contributed by atoms with Crippen molar-refractivity contribution < 1.29 is 9.34 Å². The van der Waals surface area contributed by atoms with Crippen LogP contribution in [0.15, 0.2) is 28.8 Å². The third kappa shape index (κ3) is 1.82. The third-order valence-electron chi connectivity index (χ3n) is 1.95. The molecule has 16 heavy (non-hydrogen) atoms. The average molecular weight is 240 g/mol. The lowest BCUT2D eigenvalue weighted by atomic mass is 10.1. The zero-order valence-electron chi connectivity index (χ0n) is 7.88. The van der Waals surface area contributed by atoms with Crippen molar-refractivity contribution in [3.05, 3.63) is 39.5 Å². The first kappa shape index (κ1) is 10.4. The molecule has 2 aromatic rings. The van der Waals surface area contributed by atoms with E-state index in [-0.39, 0.29) is 16.7 Å². The van der Waals surface area contributed by atoms with Crippen molar-refractivity contribution in [3.63, 3.8) is 0 Å². The van der Waals surface area contributed by atoms with Crippen LogP contribution in [-0.2, 0) is 0 Å². The van der Waals surface area contributed by atoms with Crippen molar-refractivity contribution >= 4 is 23.3 Å². The molecule has 1 heterocycles. The van der Waals surface area contributed by atoms with Gasteiger partial charge in [-0.2, -0.15) is 0 Å². The lowest BCUT2D eigenvalue weighted by Crippen LogP contribution is -1.89. The molecule has 0 aliphatic carbocycles. The summed E-state index contributed by atoms with van der Waals surface area (Å²) in [7, 11) is 0. The summed E-state index contributed by atoms with van der Waals surface area (Å²) in [6.45, 7) is 0. The quantitative estimate of drug-likeness (QED) is 0.642. The number of nitrogen functional groups attached to an aromatic ring is 1. The Kier molecular flexibility index (Phi) is 2.49. The second-order valence-corrected chi connectivity index (χ2v) is 3.39. The lowest BCUT2D eigenvalue weighted by Gasteiger charge is -1.98. The van der Waals surface area contributed by atoms with Crippen molar-refractivity contribution in [1.29, 1.82) is 0 Å². The molecule has 1 aromatic heterocycles. The predicted molar refractivity (Wildman–Crippen MR) is 58.0 cm³/mol. The number of hydrogen-bond acceptors (Lipinski definition) is 5. The van der Waals surface area contributed by atoms with Gasteiger partial charge in [-0.25, -0.2) is 4.98 Å². The number of nitrogens with zero attached hydrogens (tertiary/aromatic N) is 2. The lowest BCUT2D eigenvalue weighted by molar-refractivity contribution is -0.384. The van der Waals surface area contributed by atoms with Crippen molar-refractivity contribution in [2.24, 2.45) is 0 Å². The van der Waals surface area contributed by atoms with E-state index in [0.29, 0.717) is 11.3 Å². The Bertz CT molecular complexity index is 553. The first-order valence-electron chi connectivity index (χ1n) is 4.23. The van der Waals surface area contributed by atoms with Crippen LogP contribution in [0.2, 0.25) is 5.02 Å². The number of benzene rings is 1. The van der Waals surface area contributed by atoms with Crippen LogP contribution in [0.3, 0.4) is 0 Å². The first-order chi connectivity index (χ1) is 7.58. The summed E-state index contributed by atoms with van der Waals surface area (Å²) in [4.78, 5) is 13.8. The van der Waals surface area contributed by atoms with Gasteiger partial charge in [-0.15, -0.1) is 0 Å². The van der Waals surface area contributed by atoms with Gasteiger partial charge < -0.3 is 10.2 Å². The van der Waals surface area contributed by atoms with Gasteiger partial charge in [0, 0.05) is 11.6 Å². The molecule has 82 valence electrons. The highest BCUT2D eigenvalue weighted by molar-refractivity contribution is 6.32. The van der Waals surface area contributed by atoms with Crippen LogP contribution in [0.1, 0.15) is 0 Å². The maximum absolute atomic E-state index is 10.7. The summed E-state index contributed by atoms with van der Waals surface area (Å²) in [5.41, 5.74) is 5.62.